The van der Waals surface area contributed by atoms with Crippen LogP contribution in [0.1, 0.15) is 42.1 Å². The number of carbonyl (C=O) groups excluding carboxylic acids is 3. The molecule has 0 aromatic heterocycles. The number of piperidine rings is 1. The van der Waals surface area contributed by atoms with Crippen LogP contribution in [0.2, 0.25) is 0 Å². The molecule has 2 N–H and O–H groups in total. The summed E-state index contributed by atoms with van der Waals surface area (Å²) in [6, 6.07) is 14.7. The van der Waals surface area contributed by atoms with Gasteiger partial charge in [-0.25, -0.2) is 9.18 Å². The molecule has 0 spiro atoms. The number of likely N-dealkylation sites (tertiary alicyclic amines) is 1. The molecule has 1 heterocycles. The Hall–Kier alpha value is -3.42. The van der Waals surface area contributed by atoms with Crippen LogP contribution < -0.4 is 10.6 Å². The lowest BCUT2D eigenvalue weighted by molar-refractivity contribution is -0.133. The summed E-state index contributed by atoms with van der Waals surface area (Å²) in [4.78, 5) is 41.3. The van der Waals surface area contributed by atoms with Crippen molar-refractivity contribution in [3.05, 3.63) is 71.5 Å². The van der Waals surface area contributed by atoms with Gasteiger partial charge in [-0.15, -0.1) is 0 Å². The highest BCUT2D eigenvalue weighted by molar-refractivity contribution is 5.94. The number of hydrogen-bond acceptors (Lipinski definition) is 3. The maximum absolute atomic E-state index is 13.0. The fraction of sp³-hybridized carbons (Fsp3) is 0.400. The Morgan fingerprint density at radius 3 is 2.30 bits per heavy atom. The molecule has 1 aliphatic rings. The van der Waals surface area contributed by atoms with E-state index in [0.29, 0.717) is 38.0 Å². The number of nitrogens with zero attached hydrogens (tertiary/aromatic N) is 2. The number of rotatable bonds is 8. The second-order valence-corrected chi connectivity index (χ2v) is 8.14. The third kappa shape index (κ3) is 7.03. The van der Waals surface area contributed by atoms with E-state index in [1.54, 1.807) is 12.1 Å². The van der Waals surface area contributed by atoms with Gasteiger partial charge in [0, 0.05) is 37.8 Å². The van der Waals surface area contributed by atoms with Gasteiger partial charge in [-0.1, -0.05) is 37.3 Å². The van der Waals surface area contributed by atoms with Crippen LogP contribution >= 0.6 is 0 Å². The highest BCUT2D eigenvalue weighted by atomic mass is 19.1. The second-order valence-electron chi connectivity index (χ2n) is 8.14. The van der Waals surface area contributed by atoms with Gasteiger partial charge in [0.1, 0.15) is 5.82 Å². The fourth-order valence-electron chi connectivity index (χ4n) is 4.00. The molecule has 0 radical (unpaired) electrons. The molecule has 2 aromatic carbocycles. The van der Waals surface area contributed by atoms with Crippen molar-refractivity contribution in [2.24, 2.45) is 0 Å². The van der Waals surface area contributed by atoms with Crippen LogP contribution in [-0.2, 0) is 11.3 Å². The quantitative estimate of drug-likeness (QED) is 0.643. The van der Waals surface area contributed by atoms with Gasteiger partial charge in [-0.05, 0) is 49.1 Å². The van der Waals surface area contributed by atoms with Crippen LogP contribution in [0.15, 0.2) is 54.6 Å². The summed E-state index contributed by atoms with van der Waals surface area (Å²) < 4.78 is 13.0. The van der Waals surface area contributed by atoms with E-state index in [0.717, 1.165) is 12.0 Å². The molecule has 0 unspecified atom stereocenters. The third-order valence-corrected chi connectivity index (χ3v) is 5.76. The molecule has 8 heteroatoms. The fourth-order valence-corrected chi connectivity index (χ4v) is 4.00. The Morgan fingerprint density at radius 1 is 1.00 bits per heavy atom. The van der Waals surface area contributed by atoms with Gasteiger partial charge in [0.25, 0.3) is 5.91 Å². The maximum atomic E-state index is 13.0. The first kappa shape index (κ1) is 24.2. The van der Waals surface area contributed by atoms with Crippen LogP contribution in [0, 0.1) is 5.82 Å². The molecule has 0 bridgehead atoms. The largest absolute Gasteiger partial charge is 0.338 e. The molecule has 176 valence electrons. The lowest BCUT2D eigenvalue weighted by Crippen LogP contribution is -2.51. The molecule has 2 aromatic rings. The zero-order valence-electron chi connectivity index (χ0n) is 18.9. The van der Waals surface area contributed by atoms with Crippen LogP contribution in [0.4, 0.5) is 9.18 Å². The summed E-state index contributed by atoms with van der Waals surface area (Å²) in [6.45, 7) is 3.95. The number of halogens is 1. The molecule has 1 fully saturated rings. The molecule has 1 saturated heterocycles. The van der Waals surface area contributed by atoms with Gasteiger partial charge in [0.15, 0.2) is 0 Å². The molecule has 33 heavy (non-hydrogen) atoms. The minimum Gasteiger partial charge on any atom is -0.338 e. The van der Waals surface area contributed by atoms with E-state index in [1.165, 1.54) is 12.1 Å². The smallest absolute Gasteiger partial charge is 0.315 e. The monoisotopic (exact) mass is 454 g/mol. The summed E-state index contributed by atoms with van der Waals surface area (Å²) in [7, 11) is 0. The average Bonchev–Trinajstić information content (AvgIpc) is 2.85. The van der Waals surface area contributed by atoms with Crippen molar-refractivity contribution < 1.29 is 18.8 Å². The Balaban J connectivity index is 1.46. The Morgan fingerprint density at radius 2 is 1.67 bits per heavy atom. The number of benzene rings is 2. The predicted molar refractivity (Wildman–Crippen MR) is 124 cm³/mol. The maximum Gasteiger partial charge on any atom is 0.315 e. The highest BCUT2D eigenvalue weighted by Crippen LogP contribution is 2.19. The summed E-state index contributed by atoms with van der Waals surface area (Å²) in [5.74, 6) is -0.455. The van der Waals surface area contributed by atoms with Crippen molar-refractivity contribution in [1.82, 2.24) is 20.4 Å². The number of hydrogen-bond donors (Lipinski definition) is 2. The zero-order chi connectivity index (χ0) is 23.6. The minimum atomic E-state index is -0.451. The Kier molecular flexibility index (Phi) is 8.80. The van der Waals surface area contributed by atoms with Crippen LogP contribution in [0.5, 0.6) is 0 Å². The Bertz CT molecular complexity index is 928. The lowest BCUT2D eigenvalue weighted by atomic mass is 10.0. The lowest BCUT2D eigenvalue weighted by Gasteiger charge is -2.38. The number of amides is 4. The van der Waals surface area contributed by atoms with E-state index < -0.39 is 6.03 Å². The van der Waals surface area contributed by atoms with E-state index in [1.807, 2.05) is 47.1 Å². The summed E-state index contributed by atoms with van der Waals surface area (Å²) in [5, 5.41) is 5.28. The van der Waals surface area contributed by atoms with Crippen LogP contribution in [0.25, 0.3) is 0 Å². The predicted octanol–water partition coefficient (Wildman–Crippen LogP) is 3.17. The molecule has 1 aliphatic heterocycles. The van der Waals surface area contributed by atoms with Crippen molar-refractivity contribution in [3.63, 3.8) is 0 Å². The molecule has 0 aliphatic carbocycles. The normalized spacial score (nSPS) is 13.9. The van der Waals surface area contributed by atoms with Crippen LogP contribution in [-0.4, -0.2) is 59.9 Å². The van der Waals surface area contributed by atoms with E-state index in [2.05, 4.69) is 10.6 Å². The third-order valence-electron chi connectivity index (χ3n) is 5.76. The topological polar surface area (TPSA) is 81.8 Å². The number of urea groups is 1. The van der Waals surface area contributed by atoms with E-state index in [9.17, 15) is 18.8 Å². The number of nitrogens with one attached hydrogen (secondary N) is 2. The minimum absolute atomic E-state index is 0.0157. The second kappa shape index (κ2) is 12.0. The molecular formula is C25H31FN4O3. The van der Waals surface area contributed by atoms with Crippen molar-refractivity contribution in [2.75, 3.05) is 26.2 Å². The van der Waals surface area contributed by atoms with Gasteiger partial charge in [-0.2, -0.15) is 0 Å². The molecule has 4 amide bonds. The number of carbonyl (C=O) groups is 3. The first-order chi connectivity index (χ1) is 16.0. The summed E-state index contributed by atoms with van der Waals surface area (Å²) in [5.41, 5.74) is 1.44. The van der Waals surface area contributed by atoms with Gasteiger partial charge in [0.2, 0.25) is 5.91 Å². The molecular weight excluding hydrogens is 423 g/mol. The van der Waals surface area contributed by atoms with Crippen LogP contribution in [0.3, 0.4) is 0 Å². The van der Waals surface area contributed by atoms with Crippen molar-refractivity contribution in [2.45, 2.75) is 38.8 Å². The molecule has 3 rings (SSSR count). The Labute approximate surface area is 193 Å². The van der Waals surface area contributed by atoms with Crippen molar-refractivity contribution in [3.8, 4) is 0 Å². The first-order valence-corrected chi connectivity index (χ1v) is 11.4. The van der Waals surface area contributed by atoms with Gasteiger partial charge in [0.05, 0.1) is 6.54 Å². The van der Waals surface area contributed by atoms with Gasteiger partial charge < -0.3 is 20.4 Å². The van der Waals surface area contributed by atoms with E-state index in [-0.39, 0.29) is 36.8 Å². The zero-order valence-corrected chi connectivity index (χ0v) is 18.9. The molecule has 0 atom stereocenters. The van der Waals surface area contributed by atoms with Gasteiger partial charge >= 0.3 is 6.03 Å². The highest BCUT2D eigenvalue weighted by Gasteiger charge is 2.29. The first-order valence-electron chi connectivity index (χ1n) is 11.4. The summed E-state index contributed by atoms with van der Waals surface area (Å²) >= 11 is 0. The van der Waals surface area contributed by atoms with E-state index in [4.69, 9.17) is 0 Å². The van der Waals surface area contributed by atoms with E-state index >= 15 is 0 Å². The van der Waals surface area contributed by atoms with Gasteiger partial charge in [-0.3, -0.25) is 9.59 Å². The molecule has 7 nitrogen and oxygen atoms in total. The SMILES string of the molecule is CCCN(C(=O)CNC(=O)NCc1ccc(F)cc1)C1CCN(C(=O)c2ccccc2)CC1. The molecule has 0 saturated carbocycles. The average molecular weight is 455 g/mol. The van der Waals surface area contributed by atoms with Crippen molar-refractivity contribution >= 4 is 17.8 Å². The van der Waals surface area contributed by atoms with Crippen molar-refractivity contribution in [1.29, 1.82) is 0 Å². The standard InChI is InChI=1S/C25H31FN4O3/c1-2-14-30(22-12-15-29(16-13-22)24(32)20-6-4-3-5-7-20)23(31)18-28-25(33)27-17-19-8-10-21(26)11-9-19/h3-11,22H,2,12-18H2,1H3,(H2,27,28,33). The summed E-state index contributed by atoms with van der Waals surface area (Å²) in [6.07, 6.45) is 2.23.